The van der Waals surface area contributed by atoms with Crippen molar-refractivity contribution in [2.24, 2.45) is 0 Å². The minimum Gasteiger partial charge on any atom is -0.351 e. The highest BCUT2D eigenvalue weighted by molar-refractivity contribution is 5.82. The fourth-order valence-electron chi connectivity index (χ4n) is 2.74. The first-order valence-electron chi connectivity index (χ1n) is 8.03. The Morgan fingerprint density at radius 3 is 2.65 bits per heavy atom. The highest BCUT2D eigenvalue weighted by atomic mass is 19.4. The lowest BCUT2D eigenvalue weighted by molar-refractivity contribution is -0.141. The number of carbonyl (C=O) groups is 1. The van der Waals surface area contributed by atoms with Gasteiger partial charge in [0.2, 0.25) is 5.91 Å². The van der Waals surface area contributed by atoms with E-state index in [0.29, 0.717) is 11.8 Å². The Hall–Kier alpha value is -2.55. The number of alkyl halides is 3. The molecule has 138 valence electrons. The van der Waals surface area contributed by atoms with Gasteiger partial charge in [0.25, 0.3) is 0 Å². The smallest absolute Gasteiger partial charge is 0.351 e. The van der Waals surface area contributed by atoms with E-state index in [9.17, 15) is 22.4 Å². The zero-order valence-corrected chi connectivity index (χ0v) is 13.6. The van der Waals surface area contributed by atoms with Crippen LogP contribution in [0.15, 0.2) is 30.6 Å². The monoisotopic (exact) mass is 368 g/mol. The quantitative estimate of drug-likeness (QED) is 0.815. The van der Waals surface area contributed by atoms with Gasteiger partial charge in [0.1, 0.15) is 5.82 Å². The van der Waals surface area contributed by atoms with Crippen LogP contribution in [0.1, 0.15) is 24.1 Å². The van der Waals surface area contributed by atoms with Crippen molar-refractivity contribution < 1.29 is 22.4 Å². The molecule has 5 nitrogen and oxygen atoms in total. The topological polar surface area (TPSA) is 66.9 Å². The van der Waals surface area contributed by atoms with Gasteiger partial charge in [-0.3, -0.25) is 9.78 Å². The fraction of sp³-hybridized carbons (Fsp3) is 0.353. The molecule has 1 aromatic carbocycles. The summed E-state index contributed by atoms with van der Waals surface area (Å²) in [6.07, 6.45) is -1.36. The SMILES string of the molecule is O=C(NCc1cc(F)cc(-c2cnc(C(F)(F)F)cn2)c1)[C@@H]1CCCN1. The number of hydrogen-bond donors (Lipinski definition) is 2. The number of amides is 1. The Kier molecular flexibility index (Phi) is 5.17. The molecular weight excluding hydrogens is 352 g/mol. The summed E-state index contributed by atoms with van der Waals surface area (Å²) in [6, 6.07) is 3.72. The summed E-state index contributed by atoms with van der Waals surface area (Å²) in [5.41, 5.74) is -0.237. The van der Waals surface area contributed by atoms with Crippen LogP contribution in [-0.2, 0) is 17.5 Å². The molecule has 2 N–H and O–H groups in total. The second-order valence-electron chi connectivity index (χ2n) is 6.00. The molecule has 1 aliphatic rings. The van der Waals surface area contributed by atoms with Crippen LogP contribution in [0.5, 0.6) is 0 Å². The number of rotatable bonds is 4. The summed E-state index contributed by atoms with van der Waals surface area (Å²) in [4.78, 5) is 19.0. The minimum absolute atomic E-state index is 0.107. The van der Waals surface area contributed by atoms with Crippen LogP contribution in [0.25, 0.3) is 11.3 Å². The lowest BCUT2D eigenvalue weighted by Gasteiger charge is -2.12. The van der Waals surface area contributed by atoms with Crippen LogP contribution in [0.3, 0.4) is 0 Å². The van der Waals surface area contributed by atoms with Crippen LogP contribution in [0.2, 0.25) is 0 Å². The Morgan fingerprint density at radius 1 is 1.23 bits per heavy atom. The molecule has 2 heterocycles. The van der Waals surface area contributed by atoms with Crippen LogP contribution in [-0.4, -0.2) is 28.5 Å². The molecule has 0 bridgehead atoms. The molecule has 3 rings (SSSR count). The van der Waals surface area contributed by atoms with E-state index in [2.05, 4.69) is 20.6 Å². The van der Waals surface area contributed by atoms with Gasteiger partial charge in [-0.1, -0.05) is 0 Å². The van der Waals surface area contributed by atoms with Crippen LogP contribution < -0.4 is 10.6 Å². The van der Waals surface area contributed by atoms with Crippen molar-refractivity contribution in [2.45, 2.75) is 31.6 Å². The fourth-order valence-corrected chi connectivity index (χ4v) is 2.74. The average Bonchev–Trinajstić information content (AvgIpc) is 3.13. The molecule has 1 amide bonds. The molecule has 1 aliphatic heterocycles. The molecule has 1 saturated heterocycles. The Morgan fingerprint density at radius 2 is 2.04 bits per heavy atom. The third kappa shape index (κ3) is 4.34. The maximum absolute atomic E-state index is 13.9. The number of hydrogen-bond acceptors (Lipinski definition) is 4. The van der Waals surface area contributed by atoms with Gasteiger partial charge in [-0.2, -0.15) is 13.2 Å². The number of nitrogens with zero attached hydrogens (tertiary/aromatic N) is 2. The molecule has 0 saturated carbocycles. The zero-order chi connectivity index (χ0) is 18.7. The van der Waals surface area contributed by atoms with Gasteiger partial charge in [-0.05, 0) is 43.1 Å². The molecule has 0 aliphatic carbocycles. The van der Waals surface area contributed by atoms with Gasteiger partial charge in [0.05, 0.1) is 24.1 Å². The van der Waals surface area contributed by atoms with Crippen molar-refractivity contribution in [1.82, 2.24) is 20.6 Å². The molecule has 0 radical (unpaired) electrons. The highest BCUT2D eigenvalue weighted by Gasteiger charge is 2.32. The summed E-state index contributed by atoms with van der Waals surface area (Å²) in [5, 5.41) is 5.79. The van der Waals surface area contributed by atoms with E-state index in [0.717, 1.165) is 31.6 Å². The Balaban J connectivity index is 1.74. The predicted molar refractivity (Wildman–Crippen MR) is 85.3 cm³/mol. The van der Waals surface area contributed by atoms with E-state index >= 15 is 0 Å². The molecule has 1 aromatic heterocycles. The third-order valence-electron chi connectivity index (χ3n) is 4.04. The highest BCUT2D eigenvalue weighted by Crippen LogP contribution is 2.28. The zero-order valence-electron chi connectivity index (χ0n) is 13.6. The molecular formula is C17H16F4N4O. The molecule has 26 heavy (non-hydrogen) atoms. The maximum Gasteiger partial charge on any atom is 0.434 e. The minimum atomic E-state index is -4.59. The van der Waals surface area contributed by atoms with E-state index in [-0.39, 0.29) is 29.8 Å². The van der Waals surface area contributed by atoms with Crippen molar-refractivity contribution in [3.8, 4) is 11.3 Å². The van der Waals surface area contributed by atoms with Crippen LogP contribution in [0, 0.1) is 5.82 Å². The van der Waals surface area contributed by atoms with Crippen molar-refractivity contribution in [2.75, 3.05) is 6.54 Å². The number of carbonyl (C=O) groups excluding carboxylic acids is 1. The molecule has 2 aromatic rings. The normalized spacial score (nSPS) is 17.3. The van der Waals surface area contributed by atoms with Crippen molar-refractivity contribution in [3.63, 3.8) is 0 Å². The van der Waals surface area contributed by atoms with Crippen molar-refractivity contribution in [3.05, 3.63) is 47.7 Å². The first kappa shape index (κ1) is 18.2. The van der Waals surface area contributed by atoms with Crippen LogP contribution >= 0.6 is 0 Å². The first-order valence-corrected chi connectivity index (χ1v) is 8.03. The van der Waals surface area contributed by atoms with E-state index in [1.807, 2.05) is 0 Å². The number of nitrogens with one attached hydrogen (secondary N) is 2. The summed E-state index contributed by atoms with van der Waals surface area (Å²) in [6.45, 7) is 0.893. The van der Waals surface area contributed by atoms with Crippen LogP contribution in [0.4, 0.5) is 17.6 Å². The third-order valence-corrected chi connectivity index (χ3v) is 4.04. The van der Waals surface area contributed by atoms with E-state index < -0.39 is 17.7 Å². The summed E-state index contributed by atoms with van der Waals surface area (Å²) in [7, 11) is 0. The van der Waals surface area contributed by atoms with E-state index in [4.69, 9.17) is 0 Å². The summed E-state index contributed by atoms with van der Waals surface area (Å²) >= 11 is 0. The molecule has 1 fully saturated rings. The van der Waals surface area contributed by atoms with Crippen molar-refractivity contribution in [1.29, 1.82) is 0 Å². The van der Waals surface area contributed by atoms with Gasteiger partial charge in [-0.25, -0.2) is 9.37 Å². The lowest BCUT2D eigenvalue weighted by Crippen LogP contribution is -2.40. The Bertz CT molecular complexity index is 786. The van der Waals surface area contributed by atoms with Gasteiger partial charge in [0.15, 0.2) is 5.69 Å². The van der Waals surface area contributed by atoms with Gasteiger partial charge >= 0.3 is 6.18 Å². The number of aromatic nitrogens is 2. The summed E-state index contributed by atoms with van der Waals surface area (Å²) in [5.74, 6) is -0.741. The largest absolute Gasteiger partial charge is 0.434 e. The molecule has 1 atom stereocenters. The number of benzene rings is 1. The molecule has 0 spiro atoms. The van der Waals surface area contributed by atoms with Gasteiger partial charge in [0, 0.05) is 12.1 Å². The average molecular weight is 368 g/mol. The maximum atomic E-state index is 13.9. The standard InChI is InChI=1S/C17H16F4N4O/c18-12-5-10(7-25-16(26)13-2-1-3-22-13)4-11(6-12)14-8-24-15(9-23-14)17(19,20)21/h4-6,8-9,13,22H,1-3,7H2,(H,25,26)/t13-/m0/s1. The lowest BCUT2D eigenvalue weighted by atomic mass is 10.1. The van der Waals surface area contributed by atoms with Gasteiger partial charge in [-0.15, -0.1) is 0 Å². The summed E-state index contributed by atoms with van der Waals surface area (Å²) < 4.78 is 51.5. The second kappa shape index (κ2) is 7.36. The predicted octanol–water partition coefficient (Wildman–Crippen LogP) is 2.67. The number of halogens is 4. The molecule has 0 unspecified atom stereocenters. The first-order chi connectivity index (χ1) is 12.3. The second-order valence-corrected chi connectivity index (χ2v) is 6.00. The van der Waals surface area contributed by atoms with E-state index in [1.165, 1.54) is 6.07 Å². The van der Waals surface area contributed by atoms with Gasteiger partial charge < -0.3 is 10.6 Å². The Labute approximate surface area is 146 Å². The van der Waals surface area contributed by atoms with E-state index in [1.54, 1.807) is 6.07 Å². The molecule has 9 heteroatoms. The van der Waals surface area contributed by atoms with Crippen molar-refractivity contribution >= 4 is 5.91 Å².